The summed E-state index contributed by atoms with van der Waals surface area (Å²) in [7, 11) is 0. The number of carbonyl (C=O) groups is 1. The molecule has 0 spiro atoms. The van der Waals surface area contributed by atoms with Gasteiger partial charge in [0.1, 0.15) is 0 Å². The minimum Gasteiger partial charge on any atom is -0.308 e. The van der Waals surface area contributed by atoms with Gasteiger partial charge in [0.2, 0.25) is 5.91 Å². The summed E-state index contributed by atoms with van der Waals surface area (Å²) < 4.78 is 0. The Labute approximate surface area is 186 Å². The summed E-state index contributed by atoms with van der Waals surface area (Å²) in [6.07, 6.45) is 0.272. The maximum atomic E-state index is 13.4. The summed E-state index contributed by atoms with van der Waals surface area (Å²) in [4.78, 5) is 26.2. The fourth-order valence-electron chi connectivity index (χ4n) is 4.71. The fourth-order valence-corrected chi connectivity index (χ4v) is 4.71. The average Bonchev–Trinajstić information content (AvgIpc) is 2.80. The third kappa shape index (κ3) is 3.52. The molecule has 1 aliphatic rings. The highest BCUT2D eigenvalue weighted by Crippen LogP contribution is 2.45. The molecule has 1 atom stereocenters. The molecule has 32 heavy (non-hydrogen) atoms. The molecule has 0 fully saturated rings. The van der Waals surface area contributed by atoms with E-state index < -0.39 is 0 Å². The van der Waals surface area contributed by atoms with E-state index in [0.29, 0.717) is 6.54 Å². The van der Waals surface area contributed by atoms with Crippen LogP contribution < -0.4 is 4.90 Å². The summed E-state index contributed by atoms with van der Waals surface area (Å²) in [5, 5.41) is 13.5. The number of benzene rings is 4. The van der Waals surface area contributed by atoms with Gasteiger partial charge in [-0.3, -0.25) is 14.9 Å². The first-order valence-electron chi connectivity index (χ1n) is 10.6. The van der Waals surface area contributed by atoms with Gasteiger partial charge in [0.25, 0.3) is 5.69 Å². The Bertz CT molecular complexity index is 1360. The van der Waals surface area contributed by atoms with E-state index in [2.05, 4.69) is 18.2 Å². The number of carbonyl (C=O) groups excluding carboxylic acids is 1. The summed E-state index contributed by atoms with van der Waals surface area (Å²) in [5.41, 5.74) is 4.99. The average molecular weight is 422 g/mol. The molecule has 1 aliphatic heterocycles. The van der Waals surface area contributed by atoms with Crippen LogP contribution in [0.15, 0.2) is 84.9 Å². The summed E-state index contributed by atoms with van der Waals surface area (Å²) in [6.45, 7) is 2.54. The molecule has 0 radical (unpaired) electrons. The van der Waals surface area contributed by atoms with E-state index in [9.17, 15) is 14.9 Å². The monoisotopic (exact) mass is 422 g/mol. The van der Waals surface area contributed by atoms with Crippen LogP contribution >= 0.6 is 0 Å². The van der Waals surface area contributed by atoms with Crippen molar-refractivity contribution in [2.24, 2.45) is 0 Å². The first-order valence-corrected chi connectivity index (χ1v) is 10.6. The van der Waals surface area contributed by atoms with E-state index in [-0.39, 0.29) is 28.9 Å². The van der Waals surface area contributed by atoms with Crippen molar-refractivity contribution >= 4 is 28.1 Å². The second-order valence-electron chi connectivity index (χ2n) is 8.30. The lowest BCUT2D eigenvalue weighted by Gasteiger charge is -2.35. The van der Waals surface area contributed by atoms with Gasteiger partial charge in [0.05, 0.1) is 11.5 Å². The van der Waals surface area contributed by atoms with Gasteiger partial charge in [-0.25, -0.2) is 0 Å². The number of nitro groups is 1. The van der Waals surface area contributed by atoms with Crippen molar-refractivity contribution in [1.82, 2.24) is 0 Å². The summed E-state index contributed by atoms with van der Waals surface area (Å²) >= 11 is 0. The highest BCUT2D eigenvalue weighted by Gasteiger charge is 2.34. The number of rotatable bonds is 4. The number of non-ortho nitro benzene ring substituents is 1. The van der Waals surface area contributed by atoms with Gasteiger partial charge in [-0.1, -0.05) is 72.3 Å². The minimum absolute atomic E-state index is 0.0193. The highest BCUT2D eigenvalue weighted by atomic mass is 16.6. The first-order chi connectivity index (χ1) is 15.5. The fraction of sp³-hybridized carbons (Fsp3) is 0.148. The van der Waals surface area contributed by atoms with Crippen molar-refractivity contribution in [3.05, 3.63) is 117 Å². The van der Waals surface area contributed by atoms with Gasteiger partial charge in [0, 0.05) is 30.2 Å². The molecule has 0 N–H and O–H groups in total. The van der Waals surface area contributed by atoms with Gasteiger partial charge >= 0.3 is 0 Å². The van der Waals surface area contributed by atoms with Crippen molar-refractivity contribution in [1.29, 1.82) is 0 Å². The van der Waals surface area contributed by atoms with Crippen LogP contribution in [-0.2, 0) is 11.3 Å². The molecule has 158 valence electrons. The zero-order chi connectivity index (χ0) is 22.2. The van der Waals surface area contributed by atoms with Gasteiger partial charge in [0.15, 0.2) is 0 Å². The molecule has 0 saturated heterocycles. The third-order valence-electron chi connectivity index (χ3n) is 6.17. The SMILES string of the molecule is Cc1cccc(CN2C(=O)CC(c3cccc([N+](=O)[O-])c3)c3c2ccc2ccccc32)c1. The van der Waals surface area contributed by atoms with E-state index in [1.165, 1.54) is 6.07 Å². The van der Waals surface area contributed by atoms with Gasteiger partial charge in [-0.15, -0.1) is 0 Å². The maximum Gasteiger partial charge on any atom is 0.269 e. The summed E-state index contributed by atoms with van der Waals surface area (Å²) in [6, 6.07) is 27.0. The molecular weight excluding hydrogens is 400 g/mol. The Morgan fingerprint density at radius 1 is 0.969 bits per heavy atom. The van der Waals surface area contributed by atoms with Crippen LogP contribution in [0.25, 0.3) is 10.8 Å². The van der Waals surface area contributed by atoms with E-state index in [4.69, 9.17) is 0 Å². The lowest BCUT2D eigenvalue weighted by Crippen LogP contribution is -2.36. The third-order valence-corrected chi connectivity index (χ3v) is 6.17. The van der Waals surface area contributed by atoms with Crippen LogP contribution in [0.5, 0.6) is 0 Å². The molecule has 0 bridgehead atoms. The number of hydrogen-bond acceptors (Lipinski definition) is 3. The van der Waals surface area contributed by atoms with Crippen molar-refractivity contribution in [3.63, 3.8) is 0 Å². The predicted molar refractivity (Wildman–Crippen MR) is 126 cm³/mol. The molecule has 4 aromatic carbocycles. The van der Waals surface area contributed by atoms with E-state index in [1.807, 2.05) is 60.4 Å². The number of nitrogens with zero attached hydrogens (tertiary/aromatic N) is 2. The van der Waals surface area contributed by atoms with E-state index in [0.717, 1.165) is 38.7 Å². The van der Waals surface area contributed by atoms with Gasteiger partial charge in [-0.2, -0.15) is 0 Å². The second kappa shape index (κ2) is 7.93. The molecule has 1 heterocycles. The first kappa shape index (κ1) is 19.9. The summed E-state index contributed by atoms with van der Waals surface area (Å²) in [5.74, 6) is -0.219. The zero-order valence-corrected chi connectivity index (χ0v) is 17.7. The number of fused-ring (bicyclic) bond motifs is 3. The predicted octanol–water partition coefficient (Wildman–Crippen LogP) is 6.13. The van der Waals surface area contributed by atoms with Crippen molar-refractivity contribution in [2.75, 3.05) is 4.90 Å². The molecule has 0 saturated carbocycles. The van der Waals surface area contributed by atoms with Crippen molar-refractivity contribution < 1.29 is 9.72 Å². The van der Waals surface area contributed by atoms with Crippen LogP contribution in [0, 0.1) is 17.0 Å². The van der Waals surface area contributed by atoms with Crippen LogP contribution in [0.2, 0.25) is 0 Å². The van der Waals surface area contributed by atoms with E-state index >= 15 is 0 Å². The largest absolute Gasteiger partial charge is 0.308 e. The Kier molecular flexibility index (Phi) is 4.94. The van der Waals surface area contributed by atoms with Crippen LogP contribution in [-0.4, -0.2) is 10.8 Å². The smallest absolute Gasteiger partial charge is 0.269 e. The maximum absolute atomic E-state index is 13.4. The Balaban J connectivity index is 1.68. The molecular formula is C27H22N2O3. The number of anilines is 1. The lowest BCUT2D eigenvalue weighted by atomic mass is 9.81. The number of aryl methyl sites for hydroxylation is 1. The molecule has 5 nitrogen and oxygen atoms in total. The van der Waals surface area contributed by atoms with Gasteiger partial charge in [-0.05, 0) is 40.5 Å². The van der Waals surface area contributed by atoms with Gasteiger partial charge < -0.3 is 4.90 Å². The topological polar surface area (TPSA) is 63.5 Å². The molecule has 5 heteroatoms. The second-order valence-corrected chi connectivity index (χ2v) is 8.30. The molecule has 0 aliphatic carbocycles. The molecule has 1 unspecified atom stereocenters. The van der Waals surface area contributed by atoms with Crippen molar-refractivity contribution in [2.45, 2.75) is 25.8 Å². The molecule has 1 amide bonds. The molecule has 0 aromatic heterocycles. The van der Waals surface area contributed by atoms with Crippen LogP contribution in [0.1, 0.15) is 34.6 Å². The molecule has 4 aromatic rings. The normalized spacial score (nSPS) is 15.6. The minimum atomic E-state index is -0.387. The van der Waals surface area contributed by atoms with E-state index in [1.54, 1.807) is 12.1 Å². The Morgan fingerprint density at radius 2 is 1.78 bits per heavy atom. The highest BCUT2D eigenvalue weighted by molar-refractivity contribution is 6.03. The number of nitro benzene ring substituents is 1. The van der Waals surface area contributed by atoms with Crippen LogP contribution in [0.3, 0.4) is 0 Å². The Morgan fingerprint density at radius 3 is 2.59 bits per heavy atom. The van der Waals surface area contributed by atoms with Crippen LogP contribution in [0.4, 0.5) is 11.4 Å². The Hall–Kier alpha value is -3.99. The molecule has 5 rings (SSSR count). The standard InChI is InChI=1S/C27H22N2O3/c1-18-6-4-7-19(14-18)17-28-25-13-12-20-8-2-3-11-23(20)27(25)24(16-26(28)30)21-9-5-10-22(15-21)29(31)32/h2-15,24H,16-17H2,1H3. The zero-order valence-electron chi connectivity index (χ0n) is 17.7. The number of hydrogen-bond donors (Lipinski definition) is 0. The lowest BCUT2D eigenvalue weighted by molar-refractivity contribution is -0.384. The van der Waals surface area contributed by atoms with Crippen molar-refractivity contribution in [3.8, 4) is 0 Å². The number of amides is 1. The quantitative estimate of drug-likeness (QED) is 0.294.